The van der Waals surface area contributed by atoms with Gasteiger partial charge in [0.2, 0.25) is 0 Å². The molecule has 0 fully saturated rings. The van der Waals surface area contributed by atoms with Gasteiger partial charge in [0.25, 0.3) is 5.91 Å². The summed E-state index contributed by atoms with van der Waals surface area (Å²) in [6.07, 6.45) is 0. The van der Waals surface area contributed by atoms with Gasteiger partial charge in [0.15, 0.2) is 16.8 Å². The molecule has 0 saturated heterocycles. The average Bonchev–Trinajstić information content (AvgIpc) is 2.80. The number of fused-ring (bicyclic) bond motifs is 2. The van der Waals surface area contributed by atoms with Gasteiger partial charge in [0, 0.05) is 28.2 Å². The topological polar surface area (TPSA) is 133 Å². The molecule has 0 aliphatic heterocycles. The Balaban J connectivity index is 1.74. The van der Waals surface area contributed by atoms with Crippen LogP contribution >= 0.6 is 7.75 Å². The first-order valence-electron chi connectivity index (χ1n) is 10.7. The van der Waals surface area contributed by atoms with E-state index in [9.17, 15) is 14.2 Å². The van der Waals surface area contributed by atoms with Gasteiger partial charge in [-0.15, -0.1) is 0 Å². The van der Waals surface area contributed by atoms with Gasteiger partial charge in [0.05, 0.1) is 24.3 Å². The minimum atomic E-state index is -3.71. The van der Waals surface area contributed by atoms with Gasteiger partial charge in [-0.2, -0.15) is 0 Å². The molecule has 1 heterocycles. The molecule has 9 nitrogen and oxygen atoms in total. The smallest absolute Gasteiger partial charge is 0.432 e. The molecule has 0 atom stereocenters. The third-order valence-corrected chi connectivity index (χ3v) is 6.75. The highest BCUT2D eigenvalue weighted by Gasteiger charge is 2.26. The predicted molar refractivity (Wildman–Crippen MR) is 133 cm³/mol. The van der Waals surface area contributed by atoms with Gasteiger partial charge in [-0.1, -0.05) is 30.3 Å². The predicted octanol–water partition coefficient (Wildman–Crippen LogP) is 5.37. The van der Waals surface area contributed by atoms with Crippen LogP contribution in [-0.2, 0) is 13.6 Å². The molecule has 0 unspecified atom stereocenters. The largest absolute Gasteiger partial charge is 0.448 e. The van der Waals surface area contributed by atoms with Crippen LogP contribution in [0, 0.1) is 0 Å². The second-order valence-electron chi connectivity index (χ2n) is 7.30. The number of nitrogens with two attached hydrogens (primary N) is 1. The average molecular weight is 481 g/mol. The fourth-order valence-corrected chi connectivity index (χ4v) is 4.95. The van der Waals surface area contributed by atoms with E-state index in [0.29, 0.717) is 11.4 Å². The summed E-state index contributed by atoms with van der Waals surface area (Å²) in [5, 5.41) is 7.22. The Hall–Kier alpha value is -3.65. The minimum absolute atomic E-state index is 0.0574. The Morgan fingerprint density at radius 1 is 0.941 bits per heavy atom. The summed E-state index contributed by atoms with van der Waals surface area (Å²) in [4.78, 5) is 25.8. The van der Waals surface area contributed by atoms with Crippen LogP contribution in [0.2, 0.25) is 0 Å². The van der Waals surface area contributed by atoms with Crippen molar-refractivity contribution >= 4 is 52.5 Å². The highest BCUT2D eigenvalue weighted by atomic mass is 31.2. The lowest BCUT2D eigenvalue weighted by molar-refractivity contribution is 0.0997. The molecule has 4 aromatic rings. The lowest BCUT2D eigenvalue weighted by Crippen LogP contribution is -2.15. The van der Waals surface area contributed by atoms with Crippen LogP contribution in [0.15, 0.2) is 69.9 Å². The number of amides is 1. The van der Waals surface area contributed by atoms with Crippen LogP contribution in [-0.4, -0.2) is 19.1 Å². The third-order valence-electron chi connectivity index (χ3n) is 5.04. The molecule has 3 aromatic carbocycles. The number of rotatable bonds is 8. The number of hydrogen-bond donors (Lipinski definition) is 3. The van der Waals surface area contributed by atoms with Crippen LogP contribution in [0.3, 0.4) is 0 Å². The lowest BCUT2D eigenvalue weighted by atomic mass is 10.1. The van der Waals surface area contributed by atoms with Crippen LogP contribution < -0.4 is 21.6 Å². The maximum absolute atomic E-state index is 13.0. The number of para-hydroxylation sites is 1. The van der Waals surface area contributed by atoms with Gasteiger partial charge in [-0.3, -0.25) is 23.7 Å². The van der Waals surface area contributed by atoms with E-state index in [2.05, 4.69) is 10.4 Å². The van der Waals surface area contributed by atoms with Crippen molar-refractivity contribution < 1.29 is 22.8 Å². The first-order valence-corrected chi connectivity index (χ1v) is 12.2. The number of anilines is 3. The monoisotopic (exact) mass is 481 g/mol. The van der Waals surface area contributed by atoms with E-state index in [4.69, 9.17) is 19.2 Å². The van der Waals surface area contributed by atoms with E-state index < -0.39 is 19.1 Å². The summed E-state index contributed by atoms with van der Waals surface area (Å²) >= 11 is 0. The van der Waals surface area contributed by atoms with E-state index in [-0.39, 0.29) is 35.6 Å². The molecule has 0 bridgehead atoms. The summed E-state index contributed by atoms with van der Waals surface area (Å²) < 4.78 is 29.3. The van der Waals surface area contributed by atoms with E-state index >= 15 is 0 Å². The molecule has 0 saturated carbocycles. The van der Waals surface area contributed by atoms with Crippen molar-refractivity contribution in [2.75, 3.05) is 29.4 Å². The number of carbonyl (C=O) groups excluding carboxylic acids is 1. The van der Waals surface area contributed by atoms with Crippen LogP contribution in [0.5, 0.6) is 0 Å². The fourth-order valence-electron chi connectivity index (χ4n) is 3.59. The SMILES string of the molecule is CCOP(=O)(Nc1cccc2c(=O)cc(C(=O)Nc3cccc4c(N)cccc34)oc12)OCC. The highest BCUT2D eigenvalue weighted by molar-refractivity contribution is 7.55. The lowest BCUT2D eigenvalue weighted by Gasteiger charge is -2.19. The van der Waals surface area contributed by atoms with Gasteiger partial charge < -0.3 is 15.5 Å². The molecule has 4 rings (SSSR count). The zero-order valence-corrected chi connectivity index (χ0v) is 19.6. The van der Waals surface area contributed by atoms with Crippen molar-refractivity contribution in [2.24, 2.45) is 0 Å². The van der Waals surface area contributed by atoms with Crippen molar-refractivity contribution in [3.63, 3.8) is 0 Å². The Labute approximate surface area is 195 Å². The normalized spacial score (nSPS) is 11.6. The van der Waals surface area contributed by atoms with Crippen molar-refractivity contribution in [3.05, 3.63) is 76.6 Å². The fraction of sp³-hybridized carbons (Fsp3) is 0.167. The quantitative estimate of drug-likeness (QED) is 0.226. The standard InChI is InChI=1S/C24H24N3O6P/c1-3-31-34(30,32-4-2)27-20-13-7-10-17-21(28)14-22(33-23(17)20)24(29)26-19-12-6-8-15-16(19)9-5-11-18(15)25/h5-14H,3-4,25H2,1-2H3,(H,26,29)(H,27,30). The number of carbonyl (C=O) groups is 1. The molecule has 1 aromatic heterocycles. The molecule has 0 aliphatic carbocycles. The molecule has 4 N–H and O–H groups in total. The van der Waals surface area contributed by atoms with Gasteiger partial charge in [-0.05, 0) is 38.1 Å². The van der Waals surface area contributed by atoms with Gasteiger partial charge in [0.1, 0.15) is 0 Å². The zero-order valence-electron chi connectivity index (χ0n) is 18.7. The first kappa shape index (κ1) is 23.5. The molecule has 0 spiro atoms. The maximum Gasteiger partial charge on any atom is 0.432 e. The molecule has 0 aliphatic rings. The molecule has 10 heteroatoms. The van der Waals surface area contributed by atoms with E-state index in [1.165, 1.54) is 0 Å². The highest BCUT2D eigenvalue weighted by Crippen LogP contribution is 2.48. The first-order chi connectivity index (χ1) is 16.3. The van der Waals surface area contributed by atoms with Crippen molar-refractivity contribution in [1.29, 1.82) is 0 Å². The summed E-state index contributed by atoms with van der Waals surface area (Å²) in [5.41, 5.74) is 6.96. The zero-order chi connectivity index (χ0) is 24.3. The van der Waals surface area contributed by atoms with E-state index in [0.717, 1.165) is 16.8 Å². The summed E-state index contributed by atoms with van der Waals surface area (Å²) in [5.74, 6) is -0.836. The van der Waals surface area contributed by atoms with Crippen LogP contribution in [0.1, 0.15) is 24.4 Å². The number of nitrogen functional groups attached to an aromatic ring is 1. The Morgan fingerprint density at radius 3 is 2.26 bits per heavy atom. The number of benzene rings is 3. The van der Waals surface area contributed by atoms with Crippen LogP contribution in [0.4, 0.5) is 17.1 Å². The Morgan fingerprint density at radius 2 is 1.56 bits per heavy atom. The molecular weight excluding hydrogens is 457 g/mol. The number of nitrogens with one attached hydrogen (secondary N) is 2. The van der Waals surface area contributed by atoms with Crippen molar-refractivity contribution in [2.45, 2.75) is 13.8 Å². The van der Waals surface area contributed by atoms with E-state index in [1.54, 1.807) is 56.3 Å². The summed E-state index contributed by atoms with van der Waals surface area (Å²) in [7, 11) is -3.71. The summed E-state index contributed by atoms with van der Waals surface area (Å²) in [6.45, 7) is 3.64. The van der Waals surface area contributed by atoms with Crippen LogP contribution in [0.25, 0.3) is 21.7 Å². The Bertz CT molecular complexity index is 1470. The second kappa shape index (κ2) is 9.69. The molecule has 176 valence electrons. The van der Waals surface area contributed by atoms with Gasteiger partial charge in [-0.25, -0.2) is 4.57 Å². The third kappa shape index (κ3) is 4.68. The summed E-state index contributed by atoms with van der Waals surface area (Å²) in [6, 6.07) is 16.6. The molecule has 34 heavy (non-hydrogen) atoms. The molecular formula is C24H24N3O6P. The molecule has 0 radical (unpaired) electrons. The minimum Gasteiger partial charge on any atom is -0.448 e. The number of hydrogen-bond acceptors (Lipinski definition) is 7. The van der Waals surface area contributed by atoms with Gasteiger partial charge >= 0.3 is 7.75 Å². The van der Waals surface area contributed by atoms with E-state index in [1.807, 2.05) is 12.1 Å². The maximum atomic E-state index is 13.0. The Kier molecular flexibility index (Phi) is 6.70. The second-order valence-corrected chi connectivity index (χ2v) is 9.04. The van der Waals surface area contributed by atoms with Crippen molar-refractivity contribution in [1.82, 2.24) is 0 Å². The van der Waals surface area contributed by atoms with Crippen molar-refractivity contribution in [3.8, 4) is 0 Å². The molecule has 1 amide bonds.